The van der Waals surface area contributed by atoms with Crippen LogP contribution in [0, 0.1) is 6.92 Å². The molecular weight excluding hydrogens is 425 g/mol. The molecule has 2 aromatic rings. The van der Waals surface area contributed by atoms with Gasteiger partial charge >= 0.3 is 6.18 Å². The molecular formula is C15H20ClF3N4O2S2. The maximum Gasteiger partial charge on any atom is 0.432 e. The first-order valence-corrected chi connectivity index (χ1v) is 10.3. The summed E-state index contributed by atoms with van der Waals surface area (Å²) in [5.74, 6) is 0. The van der Waals surface area contributed by atoms with Gasteiger partial charge in [0.05, 0.1) is 9.77 Å². The number of rotatable bonds is 4. The van der Waals surface area contributed by atoms with Crippen molar-refractivity contribution >= 4 is 33.8 Å². The lowest BCUT2D eigenvalue weighted by atomic mass is 10.1. The lowest BCUT2D eigenvalue weighted by Crippen LogP contribution is -2.43. The number of alkyl halides is 3. The van der Waals surface area contributed by atoms with Crippen LogP contribution in [-0.2, 0) is 16.2 Å². The van der Waals surface area contributed by atoms with E-state index >= 15 is 0 Å². The van der Waals surface area contributed by atoms with Crippen molar-refractivity contribution < 1.29 is 21.6 Å². The van der Waals surface area contributed by atoms with Gasteiger partial charge in [0.15, 0.2) is 0 Å². The Morgan fingerprint density at radius 3 is 2.44 bits per heavy atom. The van der Waals surface area contributed by atoms with Gasteiger partial charge in [-0.3, -0.25) is 5.10 Å². The van der Waals surface area contributed by atoms with Crippen molar-refractivity contribution in [3.63, 3.8) is 0 Å². The fourth-order valence-electron chi connectivity index (χ4n) is 2.96. The van der Waals surface area contributed by atoms with Crippen LogP contribution in [-0.4, -0.2) is 49.1 Å². The summed E-state index contributed by atoms with van der Waals surface area (Å²) in [6.07, 6.45) is -3.08. The van der Waals surface area contributed by atoms with Crippen molar-refractivity contribution in [2.75, 3.05) is 20.1 Å². The van der Waals surface area contributed by atoms with Crippen molar-refractivity contribution in [3.8, 4) is 10.6 Å². The van der Waals surface area contributed by atoms with E-state index in [1.165, 1.54) is 10.4 Å². The van der Waals surface area contributed by atoms with E-state index in [0.717, 1.165) is 43.3 Å². The third-order valence-corrected chi connectivity index (χ3v) is 7.73. The van der Waals surface area contributed by atoms with Crippen molar-refractivity contribution in [1.82, 2.24) is 19.8 Å². The average molecular weight is 445 g/mol. The van der Waals surface area contributed by atoms with E-state index in [0.29, 0.717) is 9.75 Å². The topological polar surface area (TPSA) is 78.1 Å². The Morgan fingerprint density at radius 2 is 1.89 bits per heavy atom. The van der Waals surface area contributed by atoms with Gasteiger partial charge in [0.1, 0.15) is 11.4 Å². The molecule has 1 aliphatic heterocycles. The summed E-state index contributed by atoms with van der Waals surface area (Å²) in [5.41, 5.74) is -0.883. The Bertz CT molecular complexity index is 889. The summed E-state index contributed by atoms with van der Waals surface area (Å²) in [4.78, 5) is 1.03. The lowest BCUT2D eigenvalue weighted by molar-refractivity contribution is -0.141. The third-order valence-electron chi connectivity index (χ3n) is 4.49. The molecule has 1 aliphatic rings. The number of nitrogens with zero attached hydrogens (tertiary/aromatic N) is 2. The Balaban J connectivity index is 0.00000261. The highest BCUT2D eigenvalue weighted by Crippen LogP contribution is 2.37. The van der Waals surface area contributed by atoms with Gasteiger partial charge in [-0.1, -0.05) is 0 Å². The molecule has 0 aromatic carbocycles. The van der Waals surface area contributed by atoms with Crippen LogP contribution in [0.25, 0.3) is 10.6 Å². The number of hydrogen-bond acceptors (Lipinski definition) is 5. The molecule has 2 N–H and O–H groups in total. The van der Waals surface area contributed by atoms with Gasteiger partial charge in [-0.25, -0.2) is 8.42 Å². The van der Waals surface area contributed by atoms with Gasteiger partial charge in [-0.2, -0.15) is 22.6 Å². The molecule has 6 nitrogen and oxygen atoms in total. The fourth-order valence-corrected chi connectivity index (χ4v) is 5.90. The zero-order valence-electron chi connectivity index (χ0n) is 14.6. The maximum atomic E-state index is 13.0. The summed E-state index contributed by atoms with van der Waals surface area (Å²) in [6, 6.07) is 2.20. The van der Waals surface area contributed by atoms with Crippen molar-refractivity contribution in [2.45, 2.75) is 36.9 Å². The minimum atomic E-state index is -4.53. The average Bonchev–Trinajstić information content (AvgIpc) is 3.21. The molecule has 3 heterocycles. The largest absolute Gasteiger partial charge is 0.432 e. The van der Waals surface area contributed by atoms with Gasteiger partial charge < -0.3 is 5.32 Å². The molecule has 0 aliphatic carbocycles. The standard InChI is InChI=1S/C15H19F3N4O2S2.ClH/c1-9-13(26(23,24)22(2)10-3-5-19-6-4-10)8-12(25-9)11-7-14(21-20-11)15(16,17)18;/h7-8,10,19H,3-6H2,1-2H3,(H,20,21);1H. The molecule has 0 bridgehead atoms. The van der Waals surface area contributed by atoms with E-state index in [1.54, 1.807) is 14.0 Å². The first kappa shape index (κ1) is 22.2. The maximum absolute atomic E-state index is 13.0. The zero-order chi connectivity index (χ0) is 19.1. The number of sulfonamides is 1. The predicted octanol–water partition coefficient (Wildman–Crippen LogP) is 3.26. The molecule has 2 aromatic heterocycles. The number of piperidine rings is 1. The van der Waals surface area contributed by atoms with Crippen LogP contribution < -0.4 is 5.32 Å². The molecule has 12 heteroatoms. The van der Waals surface area contributed by atoms with Gasteiger partial charge in [0.25, 0.3) is 0 Å². The van der Waals surface area contributed by atoms with Gasteiger partial charge in [0.2, 0.25) is 10.0 Å². The van der Waals surface area contributed by atoms with Crippen molar-refractivity contribution in [2.24, 2.45) is 0 Å². The first-order valence-electron chi connectivity index (χ1n) is 8.03. The van der Waals surface area contributed by atoms with Gasteiger partial charge in [-0.05, 0) is 45.0 Å². The van der Waals surface area contributed by atoms with E-state index in [9.17, 15) is 21.6 Å². The van der Waals surface area contributed by atoms with E-state index in [1.807, 2.05) is 5.10 Å². The fraction of sp³-hybridized carbons (Fsp3) is 0.533. The Kier molecular flexibility index (Phi) is 6.63. The number of thiophene rings is 1. The van der Waals surface area contributed by atoms with Crippen molar-refractivity contribution in [1.29, 1.82) is 0 Å². The molecule has 3 rings (SSSR count). The van der Waals surface area contributed by atoms with Crippen LogP contribution in [0.4, 0.5) is 13.2 Å². The smallest absolute Gasteiger partial charge is 0.317 e. The molecule has 0 unspecified atom stereocenters. The van der Waals surface area contributed by atoms with Gasteiger partial charge in [-0.15, -0.1) is 23.7 Å². The molecule has 0 radical (unpaired) electrons. The highest BCUT2D eigenvalue weighted by molar-refractivity contribution is 7.89. The molecule has 0 atom stereocenters. The van der Waals surface area contributed by atoms with E-state index in [2.05, 4.69) is 10.4 Å². The minimum absolute atomic E-state index is 0. The monoisotopic (exact) mass is 444 g/mol. The van der Waals surface area contributed by atoms with Crippen LogP contribution >= 0.6 is 23.7 Å². The van der Waals surface area contributed by atoms with Crippen molar-refractivity contribution in [3.05, 3.63) is 22.7 Å². The number of aromatic amines is 1. The Labute approximate surface area is 165 Å². The van der Waals surface area contributed by atoms with Gasteiger partial charge in [0, 0.05) is 18.0 Å². The summed E-state index contributed by atoms with van der Waals surface area (Å²) in [5, 5.41) is 8.81. The SMILES string of the molecule is Cc1sc(-c2cc(C(F)(F)F)[nH]n2)cc1S(=O)(=O)N(C)C1CCNCC1.Cl. The van der Waals surface area contributed by atoms with E-state index in [4.69, 9.17) is 0 Å². The number of aryl methyl sites for hydroxylation is 1. The number of halogens is 4. The van der Waals surface area contributed by atoms with E-state index in [-0.39, 0.29) is 29.0 Å². The second-order valence-corrected chi connectivity index (χ2v) is 9.42. The van der Waals surface area contributed by atoms with E-state index < -0.39 is 21.9 Å². The van der Waals surface area contributed by atoms with Crippen LogP contribution in [0.2, 0.25) is 0 Å². The molecule has 0 amide bonds. The molecule has 1 saturated heterocycles. The number of H-pyrrole nitrogens is 1. The van der Waals surface area contributed by atoms with Crippen LogP contribution in [0.1, 0.15) is 23.4 Å². The summed E-state index contributed by atoms with van der Waals surface area (Å²) < 4.78 is 65.5. The first-order chi connectivity index (χ1) is 12.1. The molecule has 27 heavy (non-hydrogen) atoms. The zero-order valence-corrected chi connectivity index (χ0v) is 17.1. The number of nitrogens with one attached hydrogen (secondary N) is 2. The molecule has 152 valence electrons. The summed E-state index contributed by atoms with van der Waals surface area (Å²) in [7, 11) is -2.17. The Hall–Kier alpha value is -1.14. The highest BCUT2D eigenvalue weighted by Gasteiger charge is 2.34. The minimum Gasteiger partial charge on any atom is -0.317 e. The third kappa shape index (κ3) is 4.48. The normalized spacial score (nSPS) is 16.5. The second-order valence-electron chi connectivity index (χ2n) is 6.20. The number of hydrogen-bond donors (Lipinski definition) is 2. The van der Waals surface area contributed by atoms with Crippen LogP contribution in [0.5, 0.6) is 0 Å². The summed E-state index contributed by atoms with van der Waals surface area (Å²) in [6.45, 7) is 3.16. The Morgan fingerprint density at radius 1 is 1.26 bits per heavy atom. The highest BCUT2D eigenvalue weighted by atomic mass is 35.5. The lowest BCUT2D eigenvalue weighted by Gasteiger charge is -2.30. The molecule has 1 fully saturated rings. The number of aromatic nitrogens is 2. The molecule has 0 saturated carbocycles. The van der Waals surface area contributed by atoms with Crippen LogP contribution in [0.15, 0.2) is 17.0 Å². The van der Waals surface area contributed by atoms with Crippen LogP contribution in [0.3, 0.4) is 0 Å². The second kappa shape index (κ2) is 8.08. The summed E-state index contributed by atoms with van der Waals surface area (Å²) >= 11 is 1.11. The molecule has 0 spiro atoms. The predicted molar refractivity (Wildman–Crippen MR) is 99.7 cm³/mol. The quantitative estimate of drug-likeness (QED) is 0.758.